The van der Waals surface area contributed by atoms with Crippen molar-refractivity contribution in [2.24, 2.45) is 5.84 Å². The molecular formula is C21H13N3S2. The Balaban J connectivity index is 2.02. The van der Waals surface area contributed by atoms with Crippen LogP contribution in [0.1, 0.15) is 0 Å². The van der Waals surface area contributed by atoms with Crippen LogP contribution < -0.4 is 11.3 Å². The van der Waals surface area contributed by atoms with E-state index in [1.54, 1.807) is 22.7 Å². The van der Waals surface area contributed by atoms with Crippen molar-refractivity contribution >= 4 is 80.4 Å². The Morgan fingerprint density at radius 2 is 1.65 bits per heavy atom. The topological polar surface area (TPSA) is 50.9 Å². The lowest BCUT2D eigenvalue weighted by Crippen LogP contribution is -2.08. The Kier molecular flexibility index (Phi) is 2.86. The van der Waals surface area contributed by atoms with Crippen molar-refractivity contribution in [1.82, 2.24) is 4.98 Å². The third-order valence-corrected chi connectivity index (χ3v) is 7.29. The Bertz CT molecular complexity index is 1480. The average molecular weight is 371 g/mol. The minimum Gasteiger partial charge on any atom is -0.307 e. The van der Waals surface area contributed by atoms with Gasteiger partial charge in [0, 0.05) is 16.2 Å². The molecule has 3 N–H and O–H groups in total. The zero-order valence-corrected chi connectivity index (χ0v) is 15.2. The van der Waals surface area contributed by atoms with Gasteiger partial charge in [-0.2, -0.15) is 0 Å². The van der Waals surface area contributed by atoms with Crippen LogP contribution in [0, 0.1) is 0 Å². The molecule has 0 aliphatic heterocycles. The molecule has 3 heterocycles. The van der Waals surface area contributed by atoms with E-state index >= 15 is 0 Å². The Labute approximate surface area is 156 Å². The molecule has 0 aliphatic carbocycles. The zero-order valence-electron chi connectivity index (χ0n) is 13.6. The molecule has 0 unspecified atom stereocenters. The van der Waals surface area contributed by atoms with Gasteiger partial charge >= 0.3 is 0 Å². The second kappa shape index (κ2) is 5.14. The van der Waals surface area contributed by atoms with Crippen LogP contribution in [0.15, 0.2) is 60.0 Å². The lowest BCUT2D eigenvalue weighted by Gasteiger charge is -2.11. The highest BCUT2D eigenvalue weighted by atomic mass is 32.2. The summed E-state index contributed by atoms with van der Waals surface area (Å²) in [4.78, 5) is 4.83. The summed E-state index contributed by atoms with van der Waals surface area (Å²) in [5, 5.41) is 10.9. The minimum atomic E-state index is 0.750. The number of hydrogen-bond donors (Lipinski definition) is 2. The van der Waals surface area contributed by atoms with Crippen LogP contribution in [0.4, 0.5) is 5.82 Å². The quantitative estimate of drug-likeness (QED) is 0.204. The summed E-state index contributed by atoms with van der Waals surface area (Å²) in [6.07, 6.45) is 0. The van der Waals surface area contributed by atoms with Crippen LogP contribution in [0.3, 0.4) is 0 Å². The van der Waals surface area contributed by atoms with Gasteiger partial charge in [-0.3, -0.25) is 0 Å². The predicted octanol–water partition coefficient (Wildman–Crippen LogP) is 6.26. The maximum atomic E-state index is 5.80. The van der Waals surface area contributed by atoms with E-state index < -0.39 is 0 Å². The molecular weight excluding hydrogens is 358 g/mol. The Morgan fingerprint density at radius 1 is 0.808 bits per heavy atom. The molecule has 0 radical (unpaired) electrons. The second-order valence-electron chi connectivity index (χ2n) is 6.38. The normalized spacial score (nSPS) is 12.0. The van der Waals surface area contributed by atoms with E-state index in [9.17, 15) is 0 Å². The fourth-order valence-corrected chi connectivity index (χ4v) is 6.16. The van der Waals surface area contributed by atoms with Gasteiger partial charge in [0.05, 0.1) is 14.2 Å². The van der Waals surface area contributed by atoms with E-state index in [1.165, 1.54) is 41.7 Å². The largest absolute Gasteiger partial charge is 0.307 e. The summed E-state index contributed by atoms with van der Waals surface area (Å²) in [6.45, 7) is 0. The number of nitrogens with zero attached hydrogens (tertiary/aromatic N) is 1. The summed E-state index contributed by atoms with van der Waals surface area (Å²) in [7, 11) is 0. The summed E-state index contributed by atoms with van der Waals surface area (Å²) in [5.41, 5.74) is 3.77. The first-order valence-electron chi connectivity index (χ1n) is 8.35. The molecule has 3 aromatic carbocycles. The molecule has 6 rings (SSSR count). The van der Waals surface area contributed by atoms with Crippen molar-refractivity contribution < 1.29 is 0 Å². The number of aromatic nitrogens is 1. The van der Waals surface area contributed by atoms with E-state index in [4.69, 9.17) is 10.8 Å². The molecule has 0 saturated carbocycles. The fourth-order valence-electron chi connectivity index (χ4n) is 3.94. The van der Waals surface area contributed by atoms with Gasteiger partial charge in [-0.15, -0.1) is 22.7 Å². The first kappa shape index (κ1) is 14.4. The summed E-state index contributed by atoms with van der Waals surface area (Å²) in [6, 6.07) is 19.4. The van der Waals surface area contributed by atoms with Crippen molar-refractivity contribution in [3.05, 3.63) is 60.0 Å². The van der Waals surface area contributed by atoms with Gasteiger partial charge in [-0.1, -0.05) is 42.5 Å². The van der Waals surface area contributed by atoms with Crippen molar-refractivity contribution in [3.63, 3.8) is 0 Å². The highest BCUT2D eigenvalue weighted by molar-refractivity contribution is 7.41. The SMILES string of the molecule is NNc1nc2ccc3ccc4ccccc4c3c2c2c1sc1sccc12. The number of rotatable bonds is 1. The van der Waals surface area contributed by atoms with Crippen molar-refractivity contribution in [1.29, 1.82) is 0 Å². The smallest absolute Gasteiger partial charge is 0.158 e. The first-order valence-corrected chi connectivity index (χ1v) is 10.1. The van der Waals surface area contributed by atoms with Gasteiger partial charge < -0.3 is 5.43 Å². The highest BCUT2D eigenvalue weighted by Gasteiger charge is 2.17. The fraction of sp³-hybridized carbons (Fsp3) is 0. The van der Waals surface area contributed by atoms with Crippen LogP contribution in [0.25, 0.3) is 51.9 Å². The Hall–Kier alpha value is -2.73. The number of nitrogen functional groups attached to an aromatic ring is 1. The third kappa shape index (κ3) is 1.77. The van der Waals surface area contributed by atoms with E-state index in [1.807, 2.05) is 0 Å². The lowest BCUT2D eigenvalue weighted by atomic mass is 9.96. The highest BCUT2D eigenvalue weighted by Crippen LogP contribution is 2.46. The molecule has 0 aliphatic rings. The van der Waals surface area contributed by atoms with Crippen LogP contribution in [0.2, 0.25) is 0 Å². The maximum Gasteiger partial charge on any atom is 0.158 e. The van der Waals surface area contributed by atoms with Crippen LogP contribution in [0.5, 0.6) is 0 Å². The molecule has 0 atom stereocenters. The molecule has 3 nitrogen and oxygen atoms in total. The number of hydrogen-bond acceptors (Lipinski definition) is 5. The monoisotopic (exact) mass is 371 g/mol. The van der Waals surface area contributed by atoms with Gasteiger partial charge in [-0.05, 0) is 39.1 Å². The molecule has 0 spiro atoms. The average Bonchev–Trinajstić information content (AvgIpc) is 3.28. The van der Waals surface area contributed by atoms with Gasteiger partial charge in [0.15, 0.2) is 5.82 Å². The van der Waals surface area contributed by atoms with E-state index in [0.717, 1.165) is 16.0 Å². The zero-order chi connectivity index (χ0) is 17.3. The summed E-state index contributed by atoms with van der Waals surface area (Å²) >= 11 is 3.53. The number of anilines is 1. The number of hydrazine groups is 1. The van der Waals surface area contributed by atoms with Crippen molar-refractivity contribution in [3.8, 4) is 0 Å². The van der Waals surface area contributed by atoms with Crippen LogP contribution >= 0.6 is 22.7 Å². The lowest BCUT2D eigenvalue weighted by molar-refractivity contribution is 1.29. The van der Waals surface area contributed by atoms with Gasteiger partial charge in [0.25, 0.3) is 0 Å². The van der Waals surface area contributed by atoms with E-state index in [-0.39, 0.29) is 0 Å². The summed E-state index contributed by atoms with van der Waals surface area (Å²) < 4.78 is 2.44. The number of benzene rings is 3. The number of nitrogens with two attached hydrogens (primary N) is 1. The Morgan fingerprint density at radius 3 is 2.58 bits per heavy atom. The molecule has 0 saturated heterocycles. The van der Waals surface area contributed by atoms with Gasteiger partial charge in [0.1, 0.15) is 0 Å². The maximum absolute atomic E-state index is 5.80. The molecule has 0 fully saturated rings. The number of nitrogens with one attached hydrogen (secondary N) is 1. The first-order chi connectivity index (χ1) is 12.8. The van der Waals surface area contributed by atoms with E-state index in [2.05, 4.69) is 65.4 Å². The molecule has 5 heteroatoms. The number of thiophene rings is 2. The molecule has 0 amide bonds. The van der Waals surface area contributed by atoms with Gasteiger partial charge in [-0.25, -0.2) is 10.8 Å². The molecule has 0 bridgehead atoms. The third-order valence-electron chi connectivity index (χ3n) is 5.04. The minimum absolute atomic E-state index is 0.750. The molecule has 3 aromatic heterocycles. The number of fused-ring (bicyclic) bond motifs is 9. The van der Waals surface area contributed by atoms with Crippen molar-refractivity contribution in [2.45, 2.75) is 0 Å². The second-order valence-corrected chi connectivity index (χ2v) is 8.57. The molecule has 124 valence electrons. The summed E-state index contributed by atoms with van der Waals surface area (Å²) in [5.74, 6) is 6.55. The van der Waals surface area contributed by atoms with Crippen LogP contribution in [-0.2, 0) is 0 Å². The van der Waals surface area contributed by atoms with Crippen LogP contribution in [-0.4, -0.2) is 4.98 Å². The van der Waals surface area contributed by atoms with E-state index in [0.29, 0.717) is 0 Å². The predicted molar refractivity (Wildman–Crippen MR) is 115 cm³/mol. The molecule has 6 aromatic rings. The number of pyridine rings is 1. The standard InChI is InChI=1S/C21H13N3S2/c22-24-20-19-17(14-9-10-25-21(14)26-19)18-15(23-20)8-7-12-6-5-11-3-1-2-4-13(11)16(12)18/h1-10H,22H2,(H,23,24). The van der Waals surface area contributed by atoms with Crippen molar-refractivity contribution in [2.75, 3.05) is 5.43 Å². The van der Waals surface area contributed by atoms with Gasteiger partial charge in [0.2, 0.25) is 0 Å². The molecule has 26 heavy (non-hydrogen) atoms.